The number of carbonyl (C=O) groups is 1. The van der Waals surface area contributed by atoms with Gasteiger partial charge in [-0.2, -0.15) is 0 Å². The van der Waals surface area contributed by atoms with Crippen molar-refractivity contribution in [2.75, 3.05) is 0 Å². The molecule has 0 aliphatic rings. The summed E-state index contributed by atoms with van der Waals surface area (Å²) in [5.41, 5.74) is 1.76. The van der Waals surface area contributed by atoms with Crippen LogP contribution in [0.5, 0.6) is 0 Å². The number of aromatic nitrogens is 1. The molecule has 2 nitrogen and oxygen atoms in total. The van der Waals surface area contributed by atoms with Crippen molar-refractivity contribution in [1.29, 1.82) is 0 Å². The Bertz CT molecular complexity index is 580. The number of nitrogens with zero attached hydrogens (tertiary/aromatic N) is 1. The van der Waals surface area contributed by atoms with E-state index >= 15 is 0 Å². The van der Waals surface area contributed by atoms with E-state index in [9.17, 15) is 4.79 Å². The summed E-state index contributed by atoms with van der Waals surface area (Å²) in [6, 6.07) is 5.18. The smallest absolute Gasteiger partial charge is 0.144 e. The first kappa shape index (κ1) is 13.5. The molecule has 94 valence electrons. The van der Waals surface area contributed by atoms with Crippen LogP contribution in [0.3, 0.4) is 0 Å². The maximum atomic E-state index is 11.9. The molecule has 0 atom stereocenters. The molecule has 0 saturated carbocycles. The van der Waals surface area contributed by atoms with Crippen LogP contribution < -0.4 is 0 Å². The van der Waals surface area contributed by atoms with E-state index < -0.39 is 0 Å². The molecule has 0 bridgehead atoms. The lowest BCUT2D eigenvalue weighted by atomic mass is 10.1. The highest BCUT2D eigenvalue weighted by molar-refractivity contribution is 7.09. The van der Waals surface area contributed by atoms with Crippen molar-refractivity contribution in [2.45, 2.75) is 19.8 Å². The van der Waals surface area contributed by atoms with E-state index in [2.05, 4.69) is 4.98 Å². The molecule has 2 aromatic rings. The van der Waals surface area contributed by atoms with E-state index in [4.69, 9.17) is 23.2 Å². The van der Waals surface area contributed by atoms with Crippen molar-refractivity contribution in [2.24, 2.45) is 0 Å². The number of hydrogen-bond acceptors (Lipinski definition) is 3. The summed E-state index contributed by atoms with van der Waals surface area (Å²) >= 11 is 13.3. The Morgan fingerprint density at radius 2 is 2.11 bits per heavy atom. The van der Waals surface area contributed by atoms with Gasteiger partial charge in [-0.1, -0.05) is 29.3 Å². The summed E-state index contributed by atoms with van der Waals surface area (Å²) in [7, 11) is 0. The first-order valence-electron chi connectivity index (χ1n) is 5.41. The summed E-state index contributed by atoms with van der Waals surface area (Å²) in [5.74, 6) is 0.105. The van der Waals surface area contributed by atoms with Crippen LogP contribution in [0.15, 0.2) is 23.6 Å². The average Bonchev–Trinajstić information content (AvgIpc) is 2.68. The zero-order chi connectivity index (χ0) is 13.1. The SMILES string of the molecule is Cc1csc(CC(=O)Cc2ccc(Cl)cc2Cl)n1. The standard InChI is InChI=1S/C13H11Cl2NOS/c1-8-7-18-13(16-8)6-11(17)4-9-2-3-10(14)5-12(9)15/h2-3,5,7H,4,6H2,1H3. The lowest BCUT2D eigenvalue weighted by molar-refractivity contribution is -0.117. The van der Waals surface area contributed by atoms with Crippen LogP contribution >= 0.6 is 34.5 Å². The molecule has 0 fully saturated rings. The van der Waals surface area contributed by atoms with Gasteiger partial charge < -0.3 is 0 Å². The van der Waals surface area contributed by atoms with Crippen LogP contribution in [0.4, 0.5) is 0 Å². The van der Waals surface area contributed by atoms with Gasteiger partial charge in [0.2, 0.25) is 0 Å². The van der Waals surface area contributed by atoms with Crippen LogP contribution in [-0.4, -0.2) is 10.8 Å². The minimum absolute atomic E-state index is 0.105. The molecule has 0 saturated heterocycles. The van der Waals surface area contributed by atoms with Crippen LogP contribution in [0.25, 0.3) is 0 Å². The molecular weight excluding hydrogens is 289 g/mol. The molecule has 1 aromatic carbocycles. The Balaban J connectivity index is 2.03. The van der Waals surface area contributed by atoms with Gasteiger partial charge in [-0.25, -0.2) is 4.98 Å². The lowest BCUT2D eigenvalue weighted by Gasteiger charge is -2.03. The van der Waals surface area contributed by atoms with Gasteiger partial charge in [0.25, 0.3) is 0 Å². The van der Waals surface area contributed by atoms with Crippen molar-refractivity contribution in [3.8, 4) is 0 Å². The second kappa shape index (κ2) is 5.83. The number of carbonyl (C=O) groups excluding carboxylic acids is 1. The Labute approximate surface area is 120 Å². The highest BCUT2D eigenvalue weighted by Gasteiger charge is 2.10. The number of hydrogen-bond donors (Lipinski definition) is 0. The van der Waals surface area contributed by atoms with Gasteiger partial charge in [0.1, 0.15) is 10.8 Å². The number of ketones is 1. The number of Topliss-reactive ketones (excluding diaryl/α,β-unsaturated/α-hetero) is 1. The zero-order valence-electron chi connectivity index (χ0n) is 9.74. The van der Waals surface area contributed by atoms with Crippen LogP contribution in [0.2, 0.25) is 10.0 Å². The minimum Gasteiger partial charge on any atom is -0.299 e. The number of benzene rings is 1. The molecule has 1 aromatic heterocycles. The third-order valence-electron chi connectivity index (χ3n) is 2.42. The van der Waals surface area contributed by atoms with Gasteiger partial charge >= 0.3 is 0 Å². The van der Waals surface area contributed by atoms with Crippen molar-refractivity contribution in [1.82, 2.24) is 4.98 Å². The summed E-state index contributed by atoms with van der Waals surface area (Å²) < 4.78 is 0. The van der Waals surface area contributed by atoms with E-state index in [1.54, 1.807) is 18.2 Å². The predicted octanol–water partition coefficient (Wildman–Crippen LogP) is 4.11. The second-order valence-electron chi connectivity index (χ2n) is 4.01. The molecule has 0 N–H and O–H groups in total. The summed E-state index contributed by atoms with van der Waals surface area (Å²) in [6.07, 6.45) is 0.673. The van der Waals surface area contributed by atoms with Gasteiger partial charge in [0, 0.05) is 27.5 Å². The van der Waals surface area contributed by atoms with Crippen molar-refractivity contribution >= 4 is 40.3 Å². The molecular formula is C13H11Cl2NOS. The van der Waals surface area contributed by atoms with Gasteiger partial charge in [-0.3, -0.25) is 4.79 Å². The second-order valence-corrected chi connectivity index (χ2v) is 5.80. The lowest BCUT2D eigenvalue weighted by Crippen LogP contribution is -2.06. The van der Waals surface area contributed by atoms with E-state index in [-0.39, 0.29) is 5.78 Å². The zero-order valence-corrected chi connectivity index (χ0v) is 12.1. The molecule has 0 spiro atoms. The van der Waals surface area contributed by atoms with E-state index in [1.807, 2.05) is 12.3 Å². The molecule has 18 heavy (non-hydrogen) atoms. The average molecular weight is 300 g/mol. The van der Waals surface area contributed by atoms with Gasteiger partial charge in [0.15, 0.2) is 0 Å². The fourth-order valence-corrected chi connectivity index (χ4v) is 2.87. The first-order valence-corrected chi connectivity index (χ1v) is 7.05. The summed E-state index contributed by atoms with van der Waals surface area (Å²) in [4.78, 5) is 16.2. The predicted molar refractivity (Wildman–Crippen MR) is 75.7 cm³/mol. The van der Waals surface area contributed by atoms with Gasteiger partial charge in [-0.05, 0) is 24.6 Å². The van der Waals surface area contributed by atoms with E-state index in [0.717, 1.165) is 16.3 Å². The Morgan fingerprint density at radius 1 is 1.33 bits per heavy atom. The van der Waals surface area contributed by atoms with E-state index in [0.29, 0.717) is 22.9 Å². The third kappa shape index (κ3) is 3.55. The largest absolute Gasteiger partial charge is 0.299 e. The molecule has 2 rings (SSSR count). The highest BCUT2D eigenvalue weighted by atomic mass is 35.5. The van der Waals surface area contributed by atoms with Crippen LogP contribution in [0.1, 0.15) is 16.3 Å². The number of thiazole rings is 1. The Kier molecular flexibility index (Phi) is 4.38. The molecule has 1 heterocycles. The maximum absolute atomic E-state index is 11.9. The normalized spacial score (nSPS) is 10.6. The molecule has 0 amide bonds. The van der Waals surface area contributed by atoms with Crippen LogP contribution in [-0.2, 0) is 17.6 Å². The van der Waals surface area contributed by atoms with Crippen LogP contribution in [0, 0.1) is 6.92 Å². The number of halogens is 2. The molecule has 0 aliphatic carbocycles. The van der Waals surface area contributed by atoms with Crippen molar-refractivity contribution < 1.29 is 4.79 Å². The fraction of sp³-hybridized carbons (Fsp3) is 0.231. The van der Waals surface area contributed by atoms with Gasteiger partial charge in [-0.15, -0.1) is 11.3 Å². The molecule has 0 aliphatic heterocycles. The third-order valence-corrected chi connectivity index (χ3v) is 3.97. The summed E-state index contributed by atoms with van der Waals surface area (Å²) in [5, 5.41) is 3.90. The highest BCUT2D eigenvalue weighted by Crippen LogP contribution is 2.22. The Morgan fingerprint density at radius 3 is 2.72 bits per heavy atom. The monoisotopic (exact) mass is 299 g/mol. The fourth-order valence-electron chi connectivity index (χ4n) is 1.59. The molecule has 0 unspecified atom stereocenters. The van der Waals surface area contributed by atoms with Crippen molar-refractivity contribution in [3.05, 3.63) is 49.9 Å². The van der Waals surface area contributed by atoms with Gasteiger partial charge in [0.05, 0.1) is 6.42 Å². The minimum atomic E-state index is 0.105. The quantitative estimate of drug-likeness (QED) is 0.850. The maximum Gasteiger partial charge on any atom is 0.144 e. The first-order chi connectivity index (χ1) is 8.54. The number of aryl methyl sites for hydroxylation is 1. The topological polar surface area (TPSA) is 30.0 Å². The molecule has 5 heteroatoms. The summed E-state index contributed by atoms with van der Waals surface area (Å²) in [6.45, 7) is 1.92. The Hall–Kier alpha value is -0.900. The molecule has 0 radical (unpaired) electrons. The number of rotatable bonds is 4. The van der Waals surface area contributed by atoms with Crippen molar-refractivity contribution in [3.63, 3.8) is 0 Å². The van der Waals surface area contributed by atoms with E-state index in [1.165, 1.54) is 11.3 Å².